The van der Waals surface area contributed by atoms with Crippen LogP contribution in [0.2, 0.25) is 0 Å². The molecule has 1 unspecified atom stereocenters. The van der Waals surface area contributed by atoms with E-state index in [1.54, 1.807) is 18.9 Å². The van der Waals surface area contributed by atoms with Crippen molar-refractivity contribution in [3.05, 3.63) is 52.5 Å². The van der Waals surface area contributed by atoms with E-state index in [1.807, 2.05) is 31.2 Å². The van der Waals surface area contributed by atoms with Crippen molar-refractivity contribution in [2.24, 2.45) is 0 Å². The molecule has 1 aromatic carbocycles. The molecule has 1 amide bonds. The number of carbonyl (C=O) groups is 1. The Bertz CT molecular complexity index is 847. The summed E-state index contributed by atoms with van der Waals surface area (Å²) >= 11 is 3.44. The van der Waals surface area contributed by atoms with Crippen LogP contribution in [0.1, 0.15) is 24.8 Å². The number of ether oxygens (including phenoxy) is 1. The number of likely N-dealkylation sites (tertiary alicyclic amines) is 1. The highest BCUT2D eigenvalue weighted by Gasteiger charge is 2.29. The molecule has 150 valence electrons. The second-order valence-electron chi connectivity index (χ2n) is 7.20. The predicted octanol–water partition coefficient (Wildman–Crippen LogP) is 4.63. The summed E-state index contributed by atoms with van der Waals surface area (Å²) in [6, 6.07) is 8.10. The fraction of sp³-hybridized carbons (Fsp3) is 0.429. The summed E-state index contributed by atoms with van der Waals surface area (Å²) in [5.74, 6) is 1.92. The molecule has 0 saturated carbocycles. The molecule has 0 spiro atoms. The Morgan fingerprint density at radius 1 is 1.43 bits per heavy atom. The topological polar surface area (TPSA) is 58.8 Å². The number of oxazole rings is 1. The normalized spacial score (nSPS) is 16.9. The number of halogens is 1. The van der Waals surface area contributed by atoms with Crippen molar-refractivity contribution in [1.29, 1.82) is 0 Å². The van der Waals surface area contributed by atoms with Gasteiger partial charge in [-0.05, 0) is 44.5 Å². The molecule has 28 heavy (non-hydrogen) atoms. The van der Waals surface area contributed by atoms with Gasteiger partial charge in [0.05, 0.1) is 11.5 Å². The second kappa shape index (κ2) is 8.92. The Balaban J connectivity index is 1.54. The number of aromatic nitrogens is 1. The third-order valence-corrected chi connectivity index (χ3v) is 5.52. The minimum absolute atomic E-state index is 0.156. The lowest BCUT2D eigenvalue weighted by Crippen LogP contribution is -2.39. The van der Waals surface area contributed by atoms with Crippen LogP contribution in [0, 0.1) is 6.92 Å². The SMILES string of the molecule is C=C(C)OC(=O)N(C)C1CCN(CCc2nc(-c3ccc(Br)cc3)oc2C)C1. The second-order valence-corrected chi connectivity index (χ2v) is 8.12. The fourth-order valence-electron chi connectivity index (χ4n) is 3.34. The summed E-state index contributed by atoms with van der Waals surface area (Å²) in [5.41, 5.74) is 1.95. The van der Waals surface area contributed by atoms with Crippen molar-refractivity contribution in [1.82, 2.24) is 14.8 Å². The smallest absolute Gasteiger partial charge is 0.414 e. The number of rotatable bonds is 6. The van der Waals surface area contributed by atoms with Gasteiger partial charge in [-0.3, -0.25) is 0 Å². The molecule has 1 atom stereocenters. The molecule has 2 heterocycles. The maximum Gasteiger partial charge on any atom is 0.414 e. The van der Waals surface area contributed by atoms with Crippen molar-refractivity contribution in [2.75, 3.05) is 26.7 Å². The number of nitrogens with zero attached hydrogens (tertiary/aromatic N) is 3. The summed E-state index contributed by atoms with van der Waals surface area (Å²) in [6.45, 7) is 9.92. The molecular formula is C21H26BrN3O3. The van der Waals surface area contributed by atoms with Gasteiger partial charge >= 0.3 is 6.09 Å². The van der Waals surface area contributed by atoms with E-state index in [2.05, 4.69) is 32.4 Å². The van der Waals surface area contributed by atoms with Crippen molar-refractivity contribution in [2.45, 2.75) is 32.7 Å². The van der Waals surface area contributed by atoms with Gasteiger partial charge in [0, 0.05) is 49.2 Å². The van der Waals surface area contributed by atoms with Crippen LogP contribution in [0.5, 0.6) is 0 Å². The maximum absolute atomic E-state index is 12.0. The highest BCUT2D eigenvalue weighted by molar-refractivity contribution is 9.10. The lowest BCUT2D eigenvalue weighted by molar-refractivity contribution is 0.123. The molecule has 1 aromatic heterocycles. The van der Waals surface area contributed by atoms with Crippen LogP contribution >= 0.6 is 15.9 Å². The minimum atomic E-state index is -0.342. The third-order valence-electron chi connectivity index (χ3n) is 4.99. The molecule has 0 bridgehead atoms. The average molecular weight is 448 g/mol. The largest absolute Gasteiger partial charge is 0.441 e. The molecule has 1 aliphatic heterocycles. The van der Waals surface area contributed by atoms with Gasteiger partial charge in [0.25, 0.3) is 0 Å². The maximum atomic E-state index is 12.0. The van der Waals surface area contributed by atoms with Gasteiger partial charge in [0.1, 0.15) is 5.76 Å². The van der Waals surface area contributed by atoms with E-state index in [0.717, 1.165) is 54.0 Å². The van der Waals surface area contributed by atoms with E-state index in [4.69, 9.17) is 9.15 Å². The summed E-state index contributed by atoms with van der Waals surface area (Å²) in [4.78, 5) is 20.7. The third kappa shape index (κ3) is 5.02. The zero-order valence-corrected chi connectivity index (χ0v) is 18.2. The summed E-state index contributed by atoms with van der Waals surface area (Å²) < 4.78 is 12.0. The monoisotopic (exact) mass is 447 g/mol. The number of hydrogen-bond acceptors (Lipinski definition) is 5. The zero-order chi connectivity index (χ0) is 20.3. The number of aryl methyl sites for hydroxylation is 1. The Hall–Kier alpha value is -2.12. The summed E-state index contributed by atoms with van der Waals surface area (Å²) in [7, 11) is 1.78. The molecule has 0 N–H and O–H groups in total. The van der Waals surface area contributed by atoms with Crippen LogP contribution in [-0.2, 0) is 11.2 Å². The summed E-state index contributed by atoms with van der Waals surface area (Å²) in [5, 5.41) is 0. The lowest BCUT2D eigenvalue weighted by atomic mass is 10.2. The first-order chi connectivity index (χ1) is 13.3. The van der Waals surface area contributed by atoms with Gasteiger partial charge in [0.2, 0.25) is 5.89 Å². The van der Waals surface area contributed by atoms with Gasteiger partial charge < -0.3 is 19.0 Å². The molecule has 0 radical (unpaired) electrons. The van der Waals surface area contributed by atoms with Crippen LogP contribution in [-0.4, -0.2) is 53.6 Å². The number of benzene rings is 1. The lowest BCUT2D eigenvalue weighted by Gasteiger charge is -2.24. The Labute approximate surface area is 174 Å². The Kier molecular flexibility index (Phi) is 6.57. The molecule has 1 fully saturated rings. The number of amides is 1. The van der Waals surface area contributed by atoms with Crippen LogP contribution in [0.15, 0.2) is 45.5 Å². The van der Waals surface area contributed by atoms with Crippen LogP contribution < -0.4 is 0 Å². The van der Waals surface area contributed by atoms with Crippen molar-refractivity contribution in [3.63, 3.8) is 0 Å². The molecular weight excluding hydrogens is 422 g/mol. The van der Waals surface area contributed by atoms with Crippen LogP contribution in [0.3, 0.4) is 0 Å². The summed E-state index contributed by atoms with van der Waals surface area (Å²) in [6.07, 6.45) is 1.41. The molecule has 0 aliphatic carbocycles. The minimum Gasteiger partial charge on any atom is -0.441 e. The Morgan fingerprint density at radius 2 is 2.14 bits per heavy atom. The molecule has 3 rings (SSSR count). The number of carbonyl (C=O) groups excluding carboxylic acids is 1. The molecule has 1 aliphatic rings. The first-order valence-electron chi connectivity index (χ1n) is 9.38. The van der Waals surface area contributed by atoms with Gasteiger partial charge in [-0.1, -0.05) is 22.5 Å². The Morgan fingerprint density at radius 3 is 2.82 bits per heavy atom. The first kappa shape index (κ1) is 20.6. The van der Waals surface area contributed by atoms with Crippen LogP contribution in [0.4, 0.5) is 4.79 Å². The zero-order valence-electron chi connectivity index (χ0n) is 16.6. The number of hydrogen-bond donors (Lipinski definition) is 0. The average Bonchev–Trinajstić information content (AvgIpc) is 3.26. The van der Waals surface area contributed by atoms with E-state index < -0.39 is 0 Å². The van der Waals surface area contributed by atoms with E-state index in [9.17, 15) is 4.79 Å². The van der Waals surface area contributed by atoms with Gasteiger partial charge in [0.15, 0.2) is 0 Å². The van der Waals surface area contributed by atoms with Crippen molar-refractivity contribution >= 4 is 22.0 Å². The fourth-order valence-corrected chi connectivity index (χ4v) is 3.61. The number of likely N-dealkylation sites (N-methyl/N-ethyl adjacent to an activating group) is 1. The molecule has 1 saturated heterocycles. The predicted molar refractivity (Wildman–Crippen MR) is 112 cm³/mol. The van der Waals surface area contributed by atoms with Crippen LogP contribution in [0.25, 0.3) is 11.5 Å². The number of allylic oxidation sites excluding steroid dienone is 1. The molecule has 7 heteroatoms. The van der Waals surface area contributed by atoms with E-state index in [-0.39, 0.29) is 12.1 Å². The molecule has 6 nitrogen and oxygen atoms in total. The van der Waals surface area contributed by atoms with E-state index in [1.165, 1.54) is 0 Å². The van der Waals surface area contributed by atoms with Gasteiger partial charge in [-0.15, -0.1) is 0 Å². The first-order valence-corrected chi connectivity index (χ1v) is 10.2. The quantitative estimate of drug-likeness (QED) is 0.603. The highest BCUT2D eigenvalue weighted by Crippen LogP contribution is 2.24. The highest BCUT2D eigenvalue weighted by atomic mass is 79.9. The van der Waals surface area contributed by atoms with Crippen molar-refractivity contribution < 1.29 is 13.9 Å². The van der Waals surface area contributed by atoms with Gasteiger partial charge in [-0.2, -0.15) is 0 Å². The van der Waals surface area contributed by atoms with Gasteiger partial charge in [-0.25, -0.2) is 9.78 Å². The van der Waals surface area contributed by atoms with E-state index in [0.29, 0.717) is 11.6 Å². The standard InChI is InChI=1S/C21H26BrN3O3/c1-14(2)27-21(26)24(4)18-9-11-25(13-18)12-10-19-15(3)28-20(23-19)16-5-7-17(22)8-6-16/h5-8,18H,1,9-13H2,2-4H3. The molecule has 2 aromatic rings. The van der Waals surface area contributed by atoms with Crippen molar-refractivity contribution in [3.8, 4) is 11.5 Å². The van der Waals surface area contributed by atoms with E-state index >= 15 is 0 Å².